The molecule has 146 valence electrons. The SMILES string of the molecule is CC(C)(C)OC(=O)N1C(=O)C=CC1C(CC(=O)C(Cl)(Cl)Cl)c1ccccc1. The van der Waals surface area contributed by atoms with Crippen LogP contribution < -0.4 is 0 Å². The summed E-state index contributed by atoms with van der Waals surface area (Å²) in [7, 11) is 0. The summed E-state index contributed by atoms with van der Waals surface area (Å²) < 4.78 is 3.26. The minimum absolute atomic E-state index is 0.165. The minimum Gasteiger partial charge on any atom is -0.443 e. The second-order valence-corrected chi connectivity index (χ2v) is 9.46. The van der Waals surface area contributed by atoms with Crippen LogP contribution in [0.3, 0.4) is 0 Å². The van der Waals surface area contributed by atoms with Gasteiger partial charge in [-0.3, -0.25) is 9.59 Å². The topological polar surface area (TPSA) is 63.7 Å². The van der Waals surface area contributed by atoms with Gasteiger partial charge in [0.2, 0.25) is 3.79 Å². The fourth-order valence-electron chi connectivity index (χ4n) is 2.78. The highest BCUT2D eigenvalue weighted by Crippen LogP contribution is 2.37. The number of carbonyl (C=O) groups is 3. The molecule has 5 nitrogen and oxygen atoms in total. The fraction of sp³-hybridized carbons (Fsp3) is 0.421. The Balaban J connectivity index is 2.38. The molecule has 2 atom stereocenters. The van der Waals surface area contributed by atoms with Gasteiger partial charge < -0.3 is 4.74 Å². The van der Waals surface area contributed by atoms with Crippen LogP contribution in [-0.2, 0) is 14.3 Å². The molecular weight excluding hydrogens is 413 g/mol. The number of benzene rings is 1. The number of ketones is 1. The number of hydrogen-bond acceptors (Lipinski definition) is 4. The Hall–Kier alpha value is -1.56. The Bertz CT molecular complexity index is 750. The Kier molecular flexibility index (Phi) is 6.61. The third-order valence-electron chi connectivity index (χ3n) is 3.92. The standard InChI is InChI=1S/C19H20Cl3NO4/c1-18(2,3)27-17(26)23-14(9-10-16(23)25)13(11-15(24)19(20,21)22)12-7-5-4-6-8-12/h4-10,13-14H,11H2,1-3H3. The van der Waals surface area contributed by atoms with Gasteiger partial charge in [-0.1, -0.05) is 71.2 Å². The predicted molar refractivity (Wildman–Crippen MR) is 105 cm³/mol. The van der Waals surface area contributed by atoms with Crippen molar-refractivity contribution in [2.75, 3.05) is 0 Å². The molecule has 2 amide bonds. The zero-order valence-corrected chi connectivity index (χ0v) is 17.4. The Morgan fingerprint density at radius 1 is 1.15 bits per heavy atom. The highest BCUT2D eigenvalue weighted by atomic mass is 35.6. The molecule has 27 heavy (non-hydrogen) atoms. The second-order valence-electron chi connectivity index (χ2n) is 7.18. The molecule has 0 aliphatic carbocycles. The molecule has 1 aromatic rings. The lowest BCUT2D eigenvalue weighted by atomic mass is 9.87. The van der Waals surface area contributed by atoms with Gasteiger partial charge in [0, 0.05) is 18.4 Å². The molecule has 0 fully saturated rings. The molecule has 2 unspecified atom stereocenters. The molecule has 1 aliphatic heterocycles. The van der Waals surface area contributed by atoms with Crippen molar-refractivity contribution in [3.05, 3.63) is 48.0 Å². The molecule has 0 radical (unpaired) electrons. The first-order valence-corrected chi connectivity index (χ1v) is 9.43. The number of ether oxygens (including phenoxy) is 1. The Labute approximate surface area is 173 Å². The van der Waals surface area contributed by atoms with Gasteiger partial charge in [-0.05, 0) is 26.3 Å². The van der Waals surface area contributed by atoms with Crippen molar-refractivity contribution in [3.8, 4) is 0 Å². The highest BCUT2D eigenvalue weighted by molar-refractivity contribution is 6.76. The maximum absolute atomic E-state index is 12.6. The van der Waals surface area contributed by atoms with E-state index < -0.39 is 39.1 Å². The average molecular weight is 433 g/mol. The van der Waals surface area contributed by atoms with E-state index in [0.29, 0.717) is 0 Å². The van der Waals surface area contributed by atoms with E-state index in [0.717, 1.165) is 10.5 Å². The zero-order valence-electron chi connectivity index (χ0n) is 15.1. The van der Waals surface area contributed by atoms with Gasteiger partial charge in [0.1, 0.15) is 5.60 Å². The number of rotatable bonds is 4. The van der Waals surface area contributed by atoms with Crippen LogP contribution in [0.5, 0.6) is 0 Å². The van der Waals surface area contributed by atoms with Crippen molar-refractivity contribution < 1.29 is 19.1 Å². The Morgan fingerprint density at radius 3 is 2.26 bits per heavy atom. The number of imide groups is 1. The van der Waals surface area contributed by atoms with Crippen molar-refractivity contribution in [3.63, 3.8) is 0 Å². The van der Waals surface area contributed by atoms with E-state index in [1.54, 1.807) is 51.1 Å². The van der Waals surface area contributed by atoms with Gasteiger partial charge in [-0.2, -0.15) is 0 Å². The molecule has 1 heterocycles. The van der Waals surface area contributed by atoms with Gasteiger partial charge in [-0.25, -0.2) is 9.69 Å². The number of halogens is 3. The molecule has 8 heteroatoms. The molecule has 2 rings (SSSR count). The summed E-state index contributed by atoms with van der Waals surface area (Å²) in [5, 5.41) is 0. The summed E-state index contributed by atoms with van der Waals surface area (Å²) >= 11 is 17.2. The quantitative estimate of drug-likeness (QED) is 0.641. The fourth-order valence-corrected chi connectivity index (χ4v) is 3.01. The lowest BCUT2D eigenvalue weighted by molar-refractivity contribution is -0.126. The molecule has 0 saturated carbocycles. The van der Waals surface area contributed by atoms with Gasteiger partial charge in [0.15, 0.2) is 5.78 Å². The van der Waals surface area contributed by atoms with Gasteiger partial charge >= 0.3 is 6.09 Å². The summed E-state index contributed by atoms with van der Waals surface area (Å²) in [6.07, 6.45) is 1.90. The van der Waals surface area contributed by atoms with Crippen molar-refractivity contribution in [1.29, 1.82) is 0 Å². The van der Waals surface area contributed by atoms with Gasteiger partial charge in [0.25, 0.3) is 5.91 Å². The van der Waals surface area contributed by atoms with Crippen LogP contribution in [0.2, 0.25) is 0 Å². The van der Waals surface area contributed by atoms with Crippen LogP contribution >= 0.6 is 34.8 Å². The largest absolute Gasteiger partial charge is 0.443 e. The van der Waals surface area contributed by atoms with Crippen molar-refractivity contribution in [2.24, 2.45) is 0 Å². The molecule has 1 aromatic carbocycles. The number of nitrogens with zero attached hydrogens (tertiary/aromatic N) is 1. The number of amides is 2. The van der Waals surface area contributed by atoms with Crippen LogP contribution in [0, 0.1) is 0 Å². The minimum atomic E-state index is -2.09. The molecule has 0 bridgehead atoms. The third-order valence-corrected chi connectivity index (χ3v) is 4.56. The summed E-state index contributed by atoms with van der Waals surface area (Å²) in [4.78, 5) is 38.2. The molecule has 0 saturated heterocycles. The summed E-state index contributed by atoms with van der Waals surface area (Å²) in [5.74, 6) is -1.72. The van der Waals surface area contributed by atoms with E-state index in [1.165, 1.54) is 6.08 Å². The van der Waals surface area contributed by atoms with E-state index in [2.05, 4.69) is 0 Å². The summed E-state index contributed by atoms with van der Waals surface area (Å²) in [6, 6.07) is 8.26. The normalized spacial score (nSPS) is 18.5. The predicted octanol–water partition coefficient (Wildman–Crippen LogP) is 4.80. The molecule has 0 aromatic heterocycles. The van der Waals surface area contributed by atoms with Crippen LogP contribution in [0.1, 0.15) is 38.7 Å². The van der Waals surface area contributed by atoms with E-state index in [1.807, 2.05) is 6.07 Å². The third kappa shape index (κ3) is 5.71. The highest BCUT2D eigenvalue weighted by Gasteiger charge is 2.42. The summed E-state index contributed by atoms with van der Waals surface area (Å²) in [6.45, 7) is 5.11. The number of alkyl halides is 3. The number of Topliss-reactive ketones (excluding diaryl/α,β-unsaturated/α-hetero) is 1. The van der Waals surface area contributed by atoms with Crippen LogP contribution in [-0.4, -0.2) is 38.1 Å². The Morgan fingerprint density at radius 2 is 1.74 bits per heavy atom. The molecule has 0 N–H and O–H groups in total. The van der Waals surface area contributed by atoms with E-state index in [4.69, 9.17) is 39.5 Å². The lowest BCUT2D eigenvalue weighted by Crippen LogP contribution is -2.45. The molecule has 1 aliphatic rings. The second kappa shape index (κ2) is 8.21. The smallest absolute Gasteiger partial charge is 0.417 e. The van der Waals surface area contributed by atoms with Crippen molar-refractivity contribution in [1.82, 2.24) is 4.90 Å². The van der Waals surface area contributed by atoms with Crippen LogP contribution in [0.25, 0.3) is 0 Å². The monoisotopic (exact) mass is 431 g/mol. The molecular formula is C19H20Cl3NO4. The first-order valence-electron chi connectivity index (χ1n) is 8.29. The van der Waals surface area contributed by atoms with E-state index in [9.17, 15) is 14.4 Å². The van der Waals surface area contributed by atoms with Crippen LogP contribution in [0.4, 0.5) is 4.79 Å². The number of hydrogen-bond donors (Lipinski definition) is 0. The average Bonchev–Trinajstić information content (AvgIpc) is 2.92. The van der Waals surface area contributed by atoms with Crippen molar-refractivity contribution in [2.45, 2.75) is 48.5 Å². The first kappa shape index (κ1) is 21.7. The van der Waals surface area contributed by atoms with E-state index in [-0.39, 0.29) is 6.42 Å². The van der Waals surface area contributed by atoms with Gasteiger partial charge in [-0.15, -0.1) is 0 Å². The van der Waals surface area contributed by atoms with Gasteiger partial charge in [0.05, 0.1) is 6.04 Å². The number of carbonyl (C=O) groups excluding carboxylic acids is 3. The van der Waals surface area contributed by atoms with E-state index >= 15 is 0 Å². The zero-order chi connectivity index (χ0) is 20.4. The first-order chi connectivity index (χ1) is 12.4. The molecule has 0 spiro atoms. The van der Waals surface area contributed by atoms with Crippen molar-refractivity contribution >= 4 is 52.6 Å². The maximum atomic E-state index is 12.6. The maximum Gasteiger partial charge on any atom is 0.417 e. The summed E-state index contributed by atoms with van der Waals surface area (Å²) in [5.41, 5.74) is -0.0434. The van der Waals surface area contributed by atoms with Crippen LogP contribution in [0.15, 0.2) is 42.5 Å². The lowest BCUT2D eigenvalue weighted by Gasteiger charge is -2.32.